The lowest BCUT2D eigenvalue weighted by Crippen LogP contribution is -2.57. The van der Waals surface area contributed by atoms with Gasteiger partial charge in [0.15, 0.2) is 0 Å². The molecular formula is C24H30FN5O2. The van der Waals surface area contributed by atoms with E-state index in [2.05, 4.69) is 6.07 Å². The summed E-state index contributed by atoms with van der Waals surface area (Å²) >= 11 is 0. The van der Waals surface area contributed by atoms with E-state index in [1.807, 2.05) is 21.9 Å². The van der Waals surface area contributed by atoms with Crippen LogP contribution < -0.4 is 5.73 Å². The van der Waals surface area contributed by atoms with Crippen molar-refractivity contribution in [3.05, 3.63) is 35.6 Å². The van der Waals surface area contributed by atoms with Crippen LogP contribution in [0.2, 0.25) is 0 Å². The molecule has 0 spiro atoms. The maximum atomic E-state index is 13.5. The Hall–Kier alpha value is -2.50. The van der Waals surface area contributed by atoms with Crippen LogP contribution in [-0.2, 0) is 9.59 Å². The van der Waals surface area contributed by atoms with Gasteiger partial charge >= 0.3 is 0 Å². The Kier molecular flexibility index (Phi) is 5.64. The Morgan fingerprint density at radius 3 is 2.59 bits per heavy atom. The molecule has 4 fully saturated rings. The number of nitrogens with two attached hydrogens (primary N) is 1. The monoisotopic (exact) mass is 439 g/mol. The zero-order chi connectivity index (χ0) is 22.4. The average molecular weight is 440 g/mol. The first-order chi connectivity index (χ1) is 15.5. The lowest BCUT2D eigenvalue weighted by Gasteiger charge is -2.45. The topological polar surface area (TPSA) is 93.7 Å². The van der Waals surface area contributed by atoms with Crippen LogP contribution in [0, 0.1) is 23.1 Å². The number of hydrogen-bond acceptors (Lipinski definition) is 5. The summed E-state index contributed by atoms with van der Waals surface area (Å²) in [5, 5.41) is 9.27. The van der Waals surface area contributed by atoms with Crippen LogP contribution in [0.5, 0.6) is 0 Å². The number of nitriles is 1. The van der Waals surface area contributed by atoms with E-state index in [0.717, 1.165) is 31.2 Å². The number of likely N-dealkylation sites (tertiary alicyclic amines) is 3. The van der Waals surface area contributed by atoms with E-state index in [1.165, 1.54) is 18.6 Å². The summed E-state index contributed by atoms with van der Waals surface area (Å²) in [6.45, 7) is 1.60. The molecule has 3 aliphatic heterocycles. The number of carbonyl (C=O) groups is 2. The van der Waals surface area contributed by atoms with Gasteiger partial charge in [-0.15, -0.1) is 0 Å². The lowest BCUT2D eigenvalue weighted by molar-refractivity contribution is -0.143. The largest absolute Gasteiger partial charge is 0.330 e. The molecule has 170 valence electrons. The third kappa shape index (κ3) is 3.57. The smallest absolute Gasteiger partial charge is 0.241 e. The molecule has 0 aromatic heterocycles. The molecule has 1 aromatic carbocycles. The highest BCUT2D eigenvalue weighted by Gasteiger charge is 2.54. The van der Waals surface area contributed by atoms with Gasteiger partial charge in [0, 0.05) is 25.7 Å². The fourth-order valence-corrected chi connectivity index (χ4v) is 6.04. The van der Waals surface area contributed by atoms with Crippen LogP contribution in [-0.4, -0.2) is 70.3 Å². The van der Waals surface area contributed by atoms with Gasteiger partial charge in [-0.2, -0.15) is 5.26 Å². The lowest BCUT2D eigenvalue weighted by atomic mass is 9.76. The fraction of sp³-hybridized carbons (Fsp3) is 0.625. The molecule has 3 heterocycles. The van der Waals surface area contributed by atoms with Crippen LogP contribution in [0.3, 0.4) is 0 Å². The SMILES string of the molecule is N#C[C@@H]1CCCN1C(=O)[C@@H](N)CN1C[C@@H]2C[C@H]1C(=O)N2[C@H](c1ccc(F)cc1)C1CCC1. The number of hydrogen-bond donors (Lipinski definition) is 1. The Balaban J connectivity index is 1.28. The number of benzene rings is 1. The number of piperazine rings is 1. The number of rotatable bonds is 6. The predicted octanol–water partition coefficient (Wildman–Crippen LogP) is 1.79. The van der Waals surface area contributed by atoms with Crippen molar-refractivity contribution in [1.29, 1.82) is 5.26 Å². The van der Waals surface area contributed by atoms with E-state index < -0.39 is 6.04 Å². The van der Waals surface area contributed by atoms with Gasteiger partial charge in [-0.05, 0) is 55.7 Å². The molecule has 2 bridgehead atoms. The Labute approximate surface area is 187 Å². The molecule has 2 amide bonds. The Bertz CT molecular complexity index is 927. The third-order valence-corrected chi connectivity index (χ3v) is 7.86. The van der Waals surface area contributed by atoms with Crippen LogP contribution in [0.1, 0.15) is 50.1 Å². The predicted molar refractivity (Wildman–Crippen MR) is 115 cm³/mol. The molecule has 5 atom stereocenters. The van der Waals surface area contributed by atoms with Crippen LogP contribution in [0.25, 0.3) is 0 Å². The van der Waals surface area contributed by atoms with Crippen LogP contribution in [0.15, 0.2) is 24.3 Å². The molecule has 0 unspecified atom stereocenters. The highest BCUT2D eigenvalue weighted by molar-refractivity contribution is 5.87. The molecular weight excluding hydrogens is 409 g/mol. The standard InChI is InChI=1S/C24H30FN5O2/c25-17-8-6-16(7-9-17)22(15-3-1-4-15)30-19-11-21(24(30)32)28(13-19)14-20(27)23(31)29-10-2-5-18(29)12-26/h6-9,15,18-22H,1-5,10-11,13-14,27H2/t18-,19-,20-,21-,22-/m0/s1. The van der Waals surface area contributed by atoms with Crippen molar-refractivity contribution in [1.82, 2.24) is 14.7 Å². The van der Waals surface area contributed by atoms with Gasteiger partial charge in [-0.25, -0.2) is 4.39 Å². The maximum absolute atomic E-state index is 13.5. The normalized spacial score (nSPS) is 29.8. The molecule has 8 heteroatoms. The van der Waals surface area contributed by atoms with Crippen molar-refractivity contribution >= 4 is 11.8 Å². The molecule has 5 rings (SSSR count). The van der Waals surface area contributed by atoms with Gasteiger partial charge in [0.1, 0.15) is 11.9 Å². The molecule has 7 nitrogen and oxygen atoms in total. The van der Waals surface area contributed by atoms with E-state index in [9.17, 15) is 19.2 Å². The summed E-state index contributed by atoms with van der Waals surface area (Å²) in [4.78, 5) is 31.9. The first-order valence-electron chi connectivity index (χ1n) is 11.8. The molecule has 1 saturated carbocycles. The number of carbonyl (C=O) groups excluding carboxylic acids is 2. The fourth-order valence-electron chi connectivity index (χ4n) is 6.04. The van der Waals surface area contributed by atoms with Gasteiger partial charge < -0.3 is 15.5 Å². The van der Waals surface area contributed by atoms with Crippen molar-refractivity contribution in [2.45, 2.75) is 68.7 Å². The van der Waals surface area contributed by atoms with Gasteiger partial charge in [-0.1, -0.05) is 18.6 Å². The molecule has 0 radical (unpaired) electrons. The maximum Gasteiger partial charge on any atom is 0.241 e. The van der Waals surface area contributed by atoms with E-state index in [1.54, 1.807) is 4.90 Å². The third-order valence-electron chi connectivity index (χ3n) is 7.86. The summed E-state index contributed by atoms with van der Waals surface area (Å²) in [5.74, 6) is 0.0500. The van der Waals surface area contributed by atoms with Crippen molar-refractivity contribution in [2.75, 3.05) is 19.6 Å². The van der Waals surface area contributed by atoms with Crippen LogP contribution in [0.4, 0.5) is 4.39 Å². The van der Waals surface area contributed by atoms with E-state index >= 15 is 0 Å². The quantitative estimate of drug-likeness (QED) is 0.730. The highest BCUT2D eigenvalue weighted by Crippen LogP contribution is 2.47. The zero-order valence-corrected chi connectivity index (χ0v) is 18.2. The molecule has 32 heavy (non-hydrogen) atoms. The second-order valence-corrected chi connectivity index (χ2v) is 9.72. The average Bonchev–Trinajstić information content (AvgIpc) is 3.45. The summed E-state index contributed by atoms with van der Waals surface area (Å²) in [7, 11) is 0. The second kappa shape index (κ2) is 8.45. The van der Waals surface area contributed by atoms with Gasteiger partial charge in [0.25, 0.3) is 0 Å². The number of nitrogens with zero attached hydrogens (tertiary/aromatic N) is 4. The van der Waals surface area contributed by atoms with Crippen molar-refractivity contribution in [3.63, 3.8) is 0 Å². The Morgan fingerprint density at radius 1 is 1.22 bits per heavy atom. The van der Waals surface area contributed by atoms with Gasteiger partial charge in [-0.3, -0.25) is 14.5 Å². The molecule has 1 aliphatic carbocycles. The minimum atomic E-state index is -0.732. The number of fused-ring (bicyclic) bond motifs is 2. The summed E-state index contributed by atoms with van der Waals surface area (Å²) in [6, 6.07) is 7.46. The van der Waals surface area contributed by atoms with E-state index in [0.29, 0.717) is 32.0 Å². The first-order valence-corrected chi connectivity index (χ1v) is 11.8. The van der Waals surface area contributed by atoms with E-state index in [-0.39, 0.29) is 41.8 Å². The summed E-state index contributed by atoms with van der Waals surface area (Å²) < 4.78 is 13.5. The van der Waals surface area contributed by atoms with Crippen molar-refractivity contribution in [2.24, 2.45) is 11.7 Å². The summed E-state index contributed by atoms with van der Waals surface area (Å²) in [6.07, 6.45) is 5.61. The Morgan fingerprint density at radius 2 is 1.97 bits per heavy atom. The second-order valence-electron chi connectivity index (χ2n) is 9.72. The van der Waals surface area contributed by atoms with E-state index in [4.69, 9.17) is 5.73 Å². The highest BCUT2D eigenvalue weighted by atomic mass is 19.1. The molecule has 2 N–H and O–H groups in total. The molecule has 1 aromatic rings. The van der Waals surface area contributed by atoms with Gasteiger partial charge in [0.05, 0.1) is 24.2 Å². The van der Waals surface area contributed by atoms with Crippen molar-refractivity contribution < 1.29 is 14.0 Å². The molecule has 4 aliphatic rings. The summed E-state index contributed by atoms with van der Waals surface area (Å²) in [5.41, 5.74) is 7.25. The minimum Gasteiger partial charge on any atom is -0.330 e. The number of halogens is 1. The zero-order valence-electron chi connectivity index (χ0n) is 18.2. The minimum absolute atomic E-state index is 0.00899. The first kappa shape index (κ1) is 21.4. The van der Waals surface area contributed by atoms with Crippen molar-refractivity contribution in [3.8, 4) is 6.07 Å². The molecule has 3 saturated heterocycles. The van der Waals surface area contributed by atoms with Gasteiger partial charge in [0.2, 0.25) is 11.8 Å². The number of amides is 2. The van der Waals surface area contributed by atoms with Crippen LogP contribution >= 0.6 is 0 Å².